The van der Waals surface area contributed by atoms with Gasteiger partial charge in [0.25, 0.3) is 0 Å². The Hall–Kier alpha value is -5.15. The molecular weight excluding hydrogens is 665 g/mol. The van der Waals surface area contributed by atoms with Gasteiger partial charge < -0.3 is 19.5 Å². The zero-order valence-corrected chi connectivity index (χ0v) is 30.4. The van der Waals surface area contributed by atoms with Crippen molar-refractivity contribution in [2.24, 2.45) is 7.05 Å². The quantitative estimate of drug-likeness (QED) is 0.109. The van der Waals surface area contributed by atoms with Crippen LogP contribution >= 0.6 is 0 Å². The fourth-order valence-electron chi connectivity index (χ4n) is 8.67. The van der Waals surface area contributed by atoms with E-state index >= 15 is 0 Å². The van der Waals surface area contributed by atoms with Gasteiger partial charge >= 0.3 is 0 Å². The van der Waals surface area contributed by atoms with Crippen LogP contribution in [-0.4, -0.2) is 63.9 Å². The Morgan fingerprint density at radius 3 is 2.42 bits per heavy atom. The molecule has 4 aromatic carbocycles. The highest BCUT2D eigenvalue weighted by atomic mass is 16.5. The van der Waals surface area contributed by atoms with Crippen LogP contribution in [0.1, 0.15) is 90.6 Å². The number of aromatic hydroxyl groups is 1. The molecule has 0 bridgehead atoms. The summed E-state index contributed by atoms with van der Waals surface area (Å²) in [6.07, 6.45) is 7.03. The summed E-state index contributed by atoms with van der Waals surface area (Å²) in [5, 5.41) is 18.2. The van der Waals surface area contributed by atoms with E-state index in [1.165, 1.54) is 22.3 Å². The molecule has 53 heavy (non-hydrogen) atoms. The average molecular weight is 713 g/mol. The summed E-state index contributed by atoms with van der Waals surface area (Å²) in [7, 11) is 1.88. The number of rotatable bonds is 11. The number of phenols is 1. The van der Waals surface area contributed by atoms with Crippen LogP contribution in [0.2, 0.25) is 0 Å². The Morgan fingerprint density at radius 1 is 0.830 bits per heavy atom. The number of hydrogen-bond acceptors (Lipinski definition) is 7. The van der Waals surface area contributed by atoms with Crippen molar-refractivity contribution in [3.63, 3.8) is 0 Å². The maximum atomic E-state index is 12.5. The number of carbonyl (C=O) groups excluding carboxylic acids is 2. The first-order valence-electron chi connectivity index (χ1n) is 19.2. The number of nitrogens with zero attached hydrogens (tertiary/aromatic N) is 3. The van der Waals surface area contributed by atoms with Crippen LogP contribution in [0.15, 0.2) is 91.0 Å². The molecule has 2 saturated heterocycles. The Kier molecular flexibility index (Phi) is 10.2. The van der Waals surface area contributed by atoms with Gasteiger partial charge in [-0.25, -0.2) is 0 Å². The number of fused-ring (bicyclic) bond motifs is 2. The number of phenolic OH excluding ortho intramolecular Hbond substituents is 1. The number of unbranched alkanes of at least 4 members (excludes halogenated alkanes) is 1. The smallest absolute Gasteiger partial charge is 0.235 e. The number of hydrogen-bond donors (Lipinski definition) is 2. The summed E-state index contributed by atoms with van der Waals surface area (Å²) in [4.78, 5) is 26.6. The lowest BCUT2D eigenvalue weighted by Gasteiger charge is -2.35. The first-order valence-corrected chi connectivity index (χ1v) is 19.2. The van der Waals surface area contributed by atoms with Gasteiger partial charge in [0.15, 0.2) is 0 Å². The largest absolute Gasteiger partial charge is 0.508 e. The molecule has 3 heterocycles. The number of benzene rings is 4. The van der Waals surface area contributed by atoms with Gasteiger partial charge in [-0.3, -0.25) is 19.6 Å². The first-order chi connectivity index (χ1) is 25.9. The number of carbonyl (C=O) groups is 2. The van der Waals surface area contributed by atoms with Crippen LogP contribution in [0, 0.1) is 0 Å². The van der Waals surface area contributed by atoms with E-state index in [-0.39, 0.29) is 23.8 Å². The number of aryl methyl sites for hydroxylation is 2. The van der Waals surface area contributed by atoms with Gasteiger partial charge in [0, 0.05) is 43.9 Å². The van der Waals surface area contributed by atoms with Gasteiger partial charge in [-0.15, -0.1) is 0 Å². The summed E-state index contributed by atoms with van der Waals surface area (Å²) in [6, 6.07) is 31.3. The molecule has 0 saturated carbocycles. The van der Waals surface area contributed by atoms with Crippen molar-refractivity contribution in [2.75, 3.05) is 26.2 Å². The maximum absolute atomic E-state index is 12.5. The zero-order chi connectivity index (χ0) is 36.3. The third-order valence-electron chi connectivity index (χ3n) is 11.5. The van der Waals surface area contributed by atoms with E-state index in [2.05, 4.69) is 76.0 Å². The molecule has 0 radical (unpaired) electrons. The van der Waals surface area contributed by atoms with Gasteiger partial charge in [0.05, 0.1) is 23.7 Å². The summed E-state index contributed by atoms with van der Waals surface area (Å²) in [5.74, 6) is 1.77. The standard InChI is InChI=1S/C44H48N4O5/c1-47-40-28-35(15-18-38(40)43(46-47)39-19-20-41(50)45-44(39)51)53-34-21-24-48(25-22-34)23-5-6-26-52-33-13-9-30(10-14-33)42-36(29-7-3-2-4-8-29)16-11-31-27-32(49)12-17-37(31)42/h2-4,7-10,12-15,17-18,27-28,34,36,39,42,49H,5-6,11,16,19-26H2,1H3,(H,45,50,51)/t36-,39?,42+/m1/s1. The molecule has 2 amide bonds. The van der Waals surface area contributed by atoms with Crippen molar-refractivity contribution >= 4 is 22.7 Å². The highest BCUT2D eigenvalue weighted by molar-refractivity contribution is 6.02. The van der Waals surface area contributed by atoms with Gasteiger partial charge in [0.1, 0.15) is 23.4 Å². The molecule has 3 atom stereocenters. The van der Waals surface area contributed by atoms with Gasteiger partial charge in [-0.1, -0.05) is 48.5 Å². The van der Waals surface area contributed by atoms with E-state index < -0.39 is 5.92 Å². The van der Waals surface area contributed by atoms with Gasteiger partial charge in [-0.05, 0) is 116 Å². The number of amides is 2. The Bertz CT molecular complexity index is 2070. The number of nitrogens with one attached hydrogen (secondary N) is 1. The van der Waals surface area contributed by atoms with E-state index in [1.807, 2.05) is 37.4 Å². The molecule has 1 unspecified atom stereocenters. The normalized spacial score (nSPS) is 21.0. The lowest BCUT2D eigenvalue weighted by molar-refractivity contribution is -0.134. The van der Waals surface area contributed by atoms with Crippen molar-refractivity contribution in [1.29, 1.82) is 0 Å². The van der Waals surface area contributed by atoms with Crippen LogP contribution in [-0.2, 0) is 23.1 Å². The zero-order valence-electron chi connectivity index (χ0n) is 30.4. The number of piperidine rings is 2. The van der Waals surface area contributed by atoms with E-state index in [9.17, 15) is 14.7 Å². The van der Waals surface area contributed by atoms with Crippen LogP contribution in [0.25, 0.3) is 10.9 Å². The maximum Gasteiger partial charge on any atom is 0.235 e. The number of ether oxygens (including phenoxy) is 2. The number of likely N-dealkylation sites (tertiary alicyclic amines) is 1. The lowest BCUT2D eigenvalue weighted by atomic mass is 9.69. The summed E-state index contributed by atoms with van der Waals surface area (Å²) in [5.41, 5.74) is 6.83. The second kappa shape index (κ2) is 15.4. The topological polar surface area (TPSA) is 106 Å². The van der Waals surface area contributed by atoms with E-state index in [0.29, 0.717) is 31.1 Å². The molecule has 1 aromatic heterocycles. The summed E-state index contributed by atoms with van der Waals surface area (Å²) < 4.78 is 14.4. The molecular formula is C44H48N4O5. The number of imide groups is 1. The predicted octanol–water partition coefficient (Wildman–Crippen LogP) is 7.36. The molecule has 3 aliphatic rings. The minimum atomic E-state index is -0.414. The Labute approximate surface area is 310 Å². The fraction of sp³-hybridized carbons (Fsp3) is 0.386. The molecule has 2 fully saturated rings. The molecule has 8 rings (SSSR count). The molecule has 0 spiro atoms. The summed E-state index contributed by atoms with van der Waals surface area (Å²) in [6.45, 7) is 3.76. The monoisotopic (exact) mass is 712 g/mol. The third kappa shape index (κ3) is 7.67. The van der Waals surface area contributed by atoms with Gasteiger partial charge in [0.2, 0.25) is 11.8 Å². The Balaban J connectivity index is 0.791. The molecule has 9 nitrogen and oxygen atoms in total. The molecule has 5 aromatic rings. The van der Waals surface area contributed by atoms with Crippen molar-refractivity contribution < 1.29 is 24.2 Å². The van der Waals surface area contributed by atoms with Crippen molar-refractivity contribution in [1.82, 2.24) is 20.0 Å². The molecule has 274 valence electrons. The van der Waals surface area contributed by atoms with Crippen LogP contribution in [0.3, 0.4) is 0 Å². The highest BCUT2D eigenvalue weighted by Gasteiger charge is 2.33. The van der Waals surface area contributed by atoms with E-state index in [0.717, 1.165) is 86.3 Å². The predicted molar refractivity (Wildman–Crippen MR) is 205 cm³/mol. The highest BCUT2D eigenvalue weighted by Crippen LogP contribution is 2.47. The van der Waals surface area contributed by atoms with Crippen LogP contribution < -0.4 is 14.8 Å². The average Bonchev–Trinajstić information content (AvgIpc) is 3.50. The first kappa shape index (κ1) is 34.9. The molecule has 2 N–H and O–H groups in total. The number of aromatic nitrogens is 2. The minimum absolute atomic E-state index is 0.162. The minimum Gasteiger partial charge on any atom is -0.508 e. The van der Waals surface area contributed by atoms with E-state index in [4.69, 9.17) is 9.47 Å². The van der Waals surface area contributed by atoms with Crippen LogP contribution in [0.5, 0.6) is 17.2 Å². The fourth-order valence-corrected chi connectivity index (χ4v) is 8.67. The summed E-state index contributed by atoms with van der Waals surface area (Å²) >= 11 is 0. The van der Waals surface area contributed by atoms with Crippen molar-refractivity contribution in [3.05, 3.63) is 119 Å². The molecule has 9 heteroatoms. The van der Waals surface area contributed by atoms with Crippen molar-refractivity contribution in [3.8, 4) is 17.2 Å². The van der Waals surface area contributed by atoms with Crippen LogP contribution in [0.4, 0.5) is 0 Å². The molecule has 1 aliphatic carbocycles. The SMILES string of the molecule is Cn1nc(C2CCC(=O)NC2=O)c2ccc(OC3CCN(CCCCOc4ccc([C@@H]5c6ccc(O)cc6CC[C@@H]5c5ccccc5)cc4)CC3)cc21. The Morgan fingerprint density at radius 2 is 1.62 bits per heavy atom. The van der Waals surface area contributed by atoms with Gasteiger partial charge in [-0.2, -0.15) is 5.10 Å². The second-order valence-electron chi connectivity index (χ2n) is 14.9. The van der Waals surface area contributed by atoms with Crippen molar-refractivity contribution in [2.45, 2.75) is 75.2 Å². The second-order valence-corrected chi connectivity index (χ2v) is 14.9. The molecule has 2 aliphatic heterocycles. The third-order valence-corrected chi connectivity index (χ3v) is 11.5. The van der Waals surface area contributed by atoms with E-state index in [1.54, 1.807) is 4.68 Å². The lowest BCUT2D eigenvalue weighted by Crippen LogP contribution is -2.39.